The first-order valence-corrected chi connectivity index (χ1v) is 5.79. The Kier molecular flexibility index (Phi) is 3.54. The summed E-state index contributed by atoms with van der Waals surface area (Å²) in [6.07, 6.45) is 1.72. The maximum absolute atomic E-state index is 4.05. The van der Waals surface area contributed by atoms with Gasteiger partial charge in [0, 0.05) is 13.1 Å². The number of hydrogen-bond donors (Lipinski definition) is 1. The van der Waals surface area contributed by atoms with Crippen LogP contribution in [0.4, 0.5) is 0 Å². The lowest BCUT2D eigenvalue weighted by atomic mass is 10.1. The van der Waals surface area contributed by atoms with E-state index < -0.39 is 0 Å². The van der Waals surface area contributed by atoms with E-state index in [-0.39, 0.29) is 0 Å². The first kappa shape index (κ1) is 11.8. The van der Waals surface area contributed by atoms with Gasteiger partial charge in [0.25, 0.3) is 0 Å². The van der Waals surface area contributed by atoms with Crippen LogP contribution in [0.1, 0.15) is 29.9 Å². The van der Waals surface area contributed by atoms with E-state index in [0.717, 1.165) is 12.4 Å². The Hall–Kier alpha value is -1.68. The Morgan fingerprint density at radius 3 is 2.88 bits per heavy atom. The van der Waals surface area contributed by atoms with Crippen LogP contribution in [0.25, 0.3) is 0 Å². The highest BCUT2D eigenvalue weighted by molar-refractivity contribution is 5.24. The molecule has 0 saturated heterocycles. The minimum atomic E-state index is 0.312. The number of nitrogens with one attached hydrogen (secondary N) is 1. The number of benzene rings is 1. The zero-order chi connectivity index (χ0) is 12.3. The Bertz CT molecular complexity index is 490. The third-order valence-electron chi connectivity index (χ3n) is 2.91. The second-order valence-electron chi connectivity index (χ2n) is 4.37. The second-order valence-corrected chi connectivity index (χ2v) is 4.37. The second kappa shape index (κ2) is 5.10. The molecule has 0 fully saturated rings. The van der Waals surface area contributed by atoms with Crippen molar-refractivity contribution in [1.29, 1.82) is 0 Å². The van der Waals surface area contributed by atoms with Crippen molar-refractivity contribution in [2.24, 2.45) is 7.05 Å². The van der Waals surface area contributed by atoms with Crippen molar-refractivity contribution in [3.05, 3.63) is 47.5 Å². The van der Waals surface area contributed by atoms with Crippen molar-refractivity contribution in [2.75, 3.05) is 0 Å². The fraction of sp³-hybridized carbons (Fsp3) is 0.385. The summed E-state index contributed by atoms with van der Waals surface area (Å²) in [5.74, 6) is 0.949. The van der Waals surface area contributed by atoms with Crippen LogP contribution in [0.5, 0.6) is 0 Å². The fourth-order valence-electron chi connectivity index (χ4n) is 1.77. The van der Waals surface area contributed by atoms with E-state index in [1.165, 1.54) is 11.1 Å². The summed E-state index contributed by atoms with van der Waals surface area (Å²) < 4.78 is 1.93. The third-order valence-corrected chi connectivity index (χ3v) is 2.91. The van der Waals surface area contributed by atoms with Crippen molar-refractivity contribution >= 4 is 0 Å². The van der Waals surface area contributed by atoms with Crippen LogP contribution in [0, 0.1) is 6.92 Å². The van der Waals surface area contributed by atoms with Gasteiger partial charge in [-0.15, -0.1) is 10.2 Å². The zero-order valence-electron chi connectivity index (χ0n) is 10.5. The zero-order valence-corrected chi connectivity index (χ0v) is 10.5. The van der Waals surface area contributed by atoms with Gasteiger partial charge in [-0.1, -0.05) is 29.8 Å². The number of nitrogens with zero attached hydrogens (tertiary/aromatic N) is 3. The monoisotopic (exact) mass is 230 g/mol. The molecule has 90 valence electrons. The van der Waals surface area contributed by atoms with Crippen LogP contribution in [-0.4, -0.2) is 14.8 Å². The SMILES string of the molecule is Cc1cccc(C(C)NCc2nncn2C)c1. The molecular weight excluding hydrogens is 212 g/mol. The van der Waals surface area contributed by atoms with Crippen molar-refractivity contribution in [2.45, 2.75) is 26.4 Å². The topological polar surface area (TPSA) is 42.7 Å². The molecule has 1 aromatic heterocycles. The molecule has 0 spiro atoms. The molecule has 17 heavy (non-hydrogen) atoms. The molecule has 2 aromatic rings. The van der Waals surface area contributed by atoms with Crippen LogP contribution in [0.3, 0.4) is 0 Å². The van der Waals surface area contributed by atoms with E-state index in [0.29, 0.717) is 6.04 Å². The standard InChI is InChI=1S/C13H18N4/c1-10-5-4-6-12(7-10)11(2)14-8-13-16-15-9-17(13)3/h4-7,9,11,14H,8H2,1-3H3. The molecule has 1 aromatic carbocycles. The van der Waals surface area contributed by atoms with Crippen molar-refractivity contribution < 1.29 is 0 Å². The fourth-order valence-corrected chi connectivity index (χ4v) is 1.77. The summed E-state index contributed by atoms with van der Waals surface area (Å²) in [5, 5.41) is 11.4. The molecule has 0 amide bonds. The first-order chi connectivity index (χ1) is 8.16. The lowest BCUT2D eigenvalue weighted by Crippen LogP contribution is -2.20. The highest BCUT2D eigenvalue weighted by atomic mass is 15.3. The molecule has 4 nitrogen and oxygen atoms in total. The summed E-state index contributed by atoms with van der Waals surface area (Å²) in [7, 11) is 1.95. The molecule has 0 aliphatic rings. The van der Waals surface area contributed by atoms with E-state index in [4.69, 9.17) is 0 Å². The van der Waals surface area contributed by atoms with Gasteiger partial charge in [-0.05, 0) is 19.4 Å². The number of aryl methyl sites for hydroxylation is 2. The first-order valence-electron chi connectivity index (χ1n) is 5.79. The van der Waals surface area contributed by atoms with Crippen molar-refractivity contribution in [3.8, 4) is 0 Å². The molecule has 1 heterocycles. The minimum absolute atomic E-state index is 0.312. The van der Waals surface area contributed by atoms with Gasteiger partial charge in [0.1, 0.15) is 12.2 Å². The predicted octanol–water partition coefficient (Wildman–Crippen LogP) is 1.97. The normalized spacial score (nSPS) is 12.6. The summed E-state index contributed by atoms with van der Waals surface area (Å²) in [6.45, 7) is 5.00. The average molecular weight is 230 g/mol. The molecule has 1 N–H and O–H groups in total. The maximum Gasteiger partial charge on any atom is 0.146 e. The van der Waals surface area contributed by atoms with Gasteiger partial charge < -0.3 is 9.88 Å². The van der Waals surface area contributed by atoms with Gasteiger partial charge in [0.2, 0.25) is 0 Å². The molecule has 0 aliphatic carbocycles. The Labute approximate surface area is 102 Å². The Morgan fingerprint density at radius 2 is 2.24 bits per heavy atom. The molecule has 0 saturated carbocycles. The maximum atomic E-state index is 4.05. The van der Waals surface area contributed by atoms with E-state index in [1.807, 2.05) is 11.6 Å². The minimum Gasteiger partial charge on any atom is -0.320 e. The van der Waals surface area contributed by atoms with Gasteiger partial charge in [0.15, 0.2) is 0 Å². The molecule has 1 unspecified atom stereocenters. The number of hydrogen-bond acceptors (Lipinski definition) is 3. The third kappa shape index (κ3) is 2.91. The van der Waals surface area contributed by atoms with E-state index in [1.54, 1.807) is 6.33 Å². The lowest BCUT2D eigenvalue weighted by molar-refractivity contribution is 0.548. The lowest BCUT2D eigenvalue weighted by Gasteiger charge is -2.14. The largest absolute Gasteiger partial charge is 0.320 e. The van der Waals surface area contributed by atoms with Crippen LogP contribution in [0.2, 0.25) is 0 Å². The van der Waals surface area contributed by atoms with E-state index in [2.05, 4.69) is 53.6 Å². The van der Waals surface area contributed by atoms with Crippen molar-refractivity contribution in [3.63, 3.8) is 0 Å². The summed E-state index contributed by atoms with van der Waals surface area (Å²) >= 11 is 0. The van der Waals surface area contributed by atoms with Gasteiger partial charge in [0.05, 0.1) is 6.54 Å². The van der Waals surface area contributed by atoms with Gasteiger partial charge in [-0.3, -0.25) is 0 Å². The highest BCUT2D eigenvalue weighted by Gasteiger charge is 2.06. The van der Waals surface area contributed by atoms with E-state index in [9.17, 15) is 0 Å². The van der Waals surface area contributed by atoms with Crippen LogP contribution in [0.15, 0.2) is 30.6 Å². The van der Waals surface area contributed by atoms with Crippen LogP contribution >= 0.6 is 0 Å². The Morgan fingerprint density at radius 1 is 1.41 bits per heavy atom. The average Bonchev–Trinajstić information content (AvgIpc) is 2.72. The summed E-state index contributed by atoms with van der Waals surface area (Å²) in [5.41, 5.74) is 2.59. The molecule has 0 aliphatic heterocycles. The molecule has 0 bridgehead atoms. The van der Waals surface area contributed by atoms with E-state index >= 15 is 0 Å². The Balaban J connectivity index is 1.98. The van der Waals surface area contributed by atoms with Crippen molar-refractivity contribution in [1.82, 2.24) is 20.1 Å². The van der Waals surface area contributed by atoms with Gasteiger partial charge in [-0.25, -0.2) is 0 Å². The number of rotatable bonds is 4. The van der Waals surface area contributed by atoms with Crippen LogP contribution < -0.4 is 5.32 Å². The quantitative estimate of drug-likeness (QED) is 0.873. The smallest absolute Gasteiger partial charge is 0.146 e. The van der Waals surface area contributed by atoms with Crippen LogP contribution in [-0.2, 0) is 13.6 Å². The molecule has 2 rings (SSSR count). The molecular formula is C13H18N4. The number of aromatic nitrogens is 3. The summed E-state index contributed by atoms with van der Waals surface area (Å²) in [4.78, 5) is 0. The predicted molar refractivity (Wildman–Crippen MR) is 67.4 cm³/mol. The van der Waals surface area contributed by atoms with Gasteiger partial charge >= 0.3 is 0 Å². The molecule has 1 atom stereocenters. The highest BCUT2D eigenvalue weighted by Crippen LogP contribution is 2.13. The molecule has 0 radical (unpaired) electrons. The van der Waals surface area contributed by atoms with Gasteiger partial charge in [-0.2, -0.15) is 0 Å². The molecule has 4 heteroatoms. The summed E-state index contributed by atoms with van der Waals surface area (Å²) in [6, 6.07) is 8.85.